The van der Waals surface area contributed by atoms with Crippen LogP contribution in [0.2, 0.25) is 0 Å². The lowest BCUT2D eigenvalue weighted by atomic mass is 10.2. The second-order valence-electron chi connectivity index (χ2n) is 5.89. The summed E-state index contributed by atoms with van der Waals surface area (Å²) in [5.74, 6) is -3.79. The number of halogens is 2. The zero-order valence-electron chi connectivity index (χ0n) is 15.6. The van der Waals surface area contributed by atoms with Crippen LogP contribution in [0.15, 0.2) is 36.4 Å². The second kappa shape index (κ2) is 11.5. The van der Waals surface area contributed by atoms with Gasteiger partial charge in [-0.2, -0.15) is 0 Å². The summed E-state index contributed by atoms with van der Waals surface area (Å²) in [6.07, 6.45) is 4.24. The van der Waals surface area contributed by atoms with Crippen LogP contribution in [-0.2, 0) is 0 Å². The highest BCUT2D eigenvalue weighted by molar-refractivity contribution is 5.93. The summed E-state index contributed by atoms with van der Waals surface area (Å²) in [6.45, 7) is 2.58. The molecular formula is C20H24F2N2O4. The van der Waals surface area contributed by atoms with Crippen LogP contribution in [0.5, 0.6) is 11.5 Å². The fraction of sp³-hybridized carbons (Fsp3) is 0.300. The summed E-state index contributed by atoms with van der Waals surface area (Å²) in [5, 5.41) is 8.77. The van der Waals surface area contributed by atoms with E-state index in [-0.39, 0.29) is 16.9 Å². The number of carbonyl (C=O) groups excluding carboxylic acids is 2. The van der Waals surface area contributed by atoms with Gasteiger partial charge in [0.15, 0.2) is 23.1 Å². The maximum absolute atomic E-state index is 13.7. The van der Waals surface area contributed by atoms with E-state index in [0.29, 0.717) is 6.61 Å². The Morgan fingerprint density at radius 2 is 1.50 bits per heavy atom. The molecule has 8 heteroatoms. The average Bonchev–Trinajstić information content (AvgIpc) is 2.65. The molecule has 0 atom stereocenters. The van der Waals surface area contributed by atoms with Crippen molar-refractivity contribution in [1.82, 2.24) is 0 Å². The van der Waals surface area contributed by atoms with Crippen molar-refractivity contribution in [3.63, 3.8) is 0 Å². The van der Waals surface area contributed by atoms with Gasteiger partial charge in [-0.1, -0.05) is 38.3 Å². The highest BCUT2D eigenvalue weighted by Crippen LogP contribution is 2.20. The SMILES string of the molecule is CCCCCCOc1cccc(C(N)=O)c1F.NC(=O)c1cccc(O)c1F. The third-order valence-electron chi connectivity index (χ3n) is 3.73. The Hall–Kier alpha value is -3.16. The first-order valence-electron chi connectivity index (χ1n) is 8.78. The minimum absolute atomic E-state index is 0.0952. The number of hydrogen-bond acceptors (Lipinski definition) is 4. The summed E-state index contributed by atoms with van der Waals surface area (Å²) in [7, 11) is 0. The number of phenolic OH excluding ortho intramolecular Hbond substituents is 1. The van der Waals surface area contributed by atoms with Crippen LogP contribution in [0, 0.1) is 11.6 Å². The van der Waals surface area contributed by atoms with Crippen LogP contribution < -0.4 is 16.2 Å². The van der Waals surface area contributed by atoms with Crippen LogP contribution in [-0.4, -0.2) is 23.5 Å². The van der Waals surface area contributed by atoms with Crippen LogP contribution in [0.25, 0.3) is 0 Å². The van der Waals surface area contributed by atoms with Crippen molar-refractivity contribution in [2.45, 2.75) is 32.6 Å². The molecule has 0 spiro atoms. The van der Waals surface area contributed by atoms with Gasteiger partial charge in [0.25, 0.3) is 11.8 Å². The van der Waals surface area contributed by atoms with Crippen molar-refractivity contribution in [3.8, 4) is 11.5 Å². The number of benzene rings is 2. The van der Waals surface area contributed by atoms with Gasteiger partial charge in [0.05, 0.1) is 17.7 Å². The van der Waals surface area contributed by atoms with E-state index in [1.54, 1.807) is 6.07 Å². The number of carbonyl (C=O) groups is 2. The molecule has 2 aromatic rings. The van der Waals surface area contributed by atoms with Gasteiger partial charge in [-0.05, 0) is 30.7 Å². The Morgan fingerprint density at radius 1 is 0.929 bits per heavy atom. The smallest absolute Gasteiger partial charge is 0.251 e. The van der Waals surface area contributed by atoms with Crippen molar-refractivity contribution in [2.24, 2.45) is 11.5 Å². The molecule has 0 saturated heterocycles. The average molecular weight is 394 g/mol. The lowest BCUT2D eigenvalue weighted by Gasteiger charge is -2.08. The standard InChI is InChI=1S/C13H18FNO2.C7H6FNO2/c1-2-3-4-5-9-17-11-8-6-7-10(12(11)14)13(15)16;8-6-4(7(9)11)2-1-3-5(6)10/h6-8H,2-5,9H2,1H3,(H2,15,16);1-3,10H,(H2,9,11). The monoisotopic (exact) mass is 394 g/mol. The normalized spacial score (nSPS) is 9.96. The zero-order valence-corrected chi connectivity index (χ0v) is 15.6. The van der Waals surface area contributed by atoms with Gasteiger partial charge in [-0.15, -0.1) is 0 Å². The maximum atomic E-state index is 13.7. The number of nitrogens with two attached hydrogens (primary N) is 2. The quantitative estimate of drug-likeness (QED) is 0.594. The molecule has 0 saturated carbocycles. The minimum Gasteiger partial charge on any atom is -0.505 e. The summed E-state index contributed by atoms with van der Waals surface area (Å²) < 4.78 is 31.7. The molecule has 28 heavy (non-hydrogen) atoms. The van der Waals surface area contributed by atoms with E-state index < -0.39 is 29.2 Å². The molecule has 2 aromatic carbocycles. The third-order valence-corrected chi connectivity index (χ3v) is 3.73. The molecule has 0 aliphatic rings. The zero-order chi connectivity index (χ0) is 21.1. The molecule has 0 fully saturated rings. The van der Waals surface area contributed by atoms with Gasteiger partial charge >= 0.3 is 0 Å². The molecule has 152 valence electrons. The molecule has 2 amide bonds. The number of aromatic hydroxyl groups is 1. The first-order chi connectivity index (χ1) is 13.3. The first kappa shape index (κ1) is 22.9. The second-order valence-corrected chi connectivity index (χ2v) is 5.89. The van der Waals surface area contributed by atoms with E-state index in [2.05, 4.69) is 6.92 Å². The van der Waals surface area contributed by atoms with Crippen molar-refractivity contribution in [3.05, 3.63) is 59.2 Å². The van der Waals surface area contributed by atoms with Gasteiger partial charge in [0.1, 0.15) is 0 Å². The molecule has 0 aliphatic carbocycles. The summed E-state index contributed by atoms with van der Waals surface area (Å²) >= 11 is 0. The van der Waals surface area contributed by atoms with Gasteiger partial charge in [0.2, 0.25) is 0 Å². The van der Waals surface area contributed by atoms with E-state index in [1.165, 1.54) is 24.3 Å². The fourth-order valence-corrected chi connectivity index (χ4v) is 2.23. The Balaban J connectivity index is 0.000000307. The number of primary amides is 2. The molecule has 0 bridgehead atoms. The molecular weight excluding hydrogens is 370 g/mol. The van der Waals surface area contributed by atoms with Crippen LogP contribution >= 0.6 is 0 Å². The van der Waals surface area contributed by atoms with Crippen LogP contribution in [0.3, 0.4) is 0 Å². The van der Waals surface area contributed by atoms with Crippen LogP contribution in [0.4, 0.5) is 8.78 Å². The number of hydrogen-bond donors (Lipinski definition) is 3. The molecule has 6 nitrogen and oxygen atoms in total. The van der Waals surface area contributed by atoms with Crippen molar-refractivity contribution in [2.75, 3.05) is 6.61 Å². The number of phenols is 1. The van der Waals surface area contributed by atoms with Crippen molar-refractivity contribution >= 4 is 11.8 Å². The van der Waals surface area contributed by atoms with E-state index in [0.717, 1.165) is 31.7 Å². The Morgan fingerprint density at radius 3 is 2.04 bits per heavy atom. The summed E-state index contributed by atoms with van der Waals surface area (Å²) in [4.78, 5) is 21.4. The van der Waals surface area contributed by atoms with Gasteiger partial charge in [-0.25, -0.2) is 8.78 Å². The molecule has 0 aromatic heterocycles. The maximum Gasteiger partial charge on any atom is 0.251 e. The largest absolute Gasteiger partial charge is 0.505 e. The van der Waals surface area contributed by atoms with E-state index >= 15 is 0 Å². The van der Waals surface area contributed by atoms with Crippen molar-refractivity contribution in [1.29, 1.82) is 0 Å². The number of ether oxygens (including phenoxy) is 1. The van der Waals surface area contributed by atoms with Gasteiger partial charge in [0, 0.05) is 0 Å². The van der Waals surface area contributed by atoms with Crippen LogP contribution in [0.1, 0.15) is 53.3 Å². The van der Waals surface area contributed by atoms with Crippen molar-refractivity contribution < 1.29 is 28.2 Å². The summed E-state index contributed by atoms with van der Waals surface area (Å²) in [6, 6.07) is 8.10. The predicted octanol–water partition coefficient (Wildman–Crippen LogP) is 3.51. The molecule has 0 heterocycles. The van der Waals surface area contributed by atoms with Gasteiger partial charge in [-0.3, -0.25) is 9.59 Å². The highest BCUT2D eigenvalue weighted by atomic mass is 19.1. The van der Waals surface area contributed by atoms with E-state index in [4.69, 9.17) is 21.3 Å². The fourth-order valence-electron chi connectivity index (χ4n) is 2.23. The summed E-state index contributed by atoms with van der Waals surface area (Å²) in [5.41, 5.74) is 9.41. The molecule has 0 unspecified atom stereocenters. The number of amides is 2. The lowest BCUT2D eigenvalue weighted by molar-refractivity contribution is 0.0987. The molecule has 5 N–H and O–H groups in total. The molecule has 2 rings (SSSR count). The third kappa shape index (κ3) is 6.86. The topological polar surface area (TPSA) is 116 Å². The number of rotatable bonds is 8. The van der Waals surface area contributed by atoms with E-state index in [9.17, 15) is 18.4 Å². The van der Waals surface area contributed by atoms with E-state index in [1.807, 2.05) is 0 Å². The predicted molar refractivity (Wildman–Crippen MR) is 101 cm³/mol. The molecule has 0 aliphatic heterocycles. The Kier molecular flexibility index (Phi) is 9.42. The Bertz CT molecular complexity index is 813. The number of unbranched alkanes of at least 4 members (excludes halogenated alkanes) is 3. The lowest BCUT2D eigenvalue weighted by Crippen LogP contribution is -2.14. The van der Waals surface area contributed by atoms with Gasteiger partial charge < -0.3 is 21.3 Å². The molecule has 0 radical (unpaired) electrons. The highest BCUT2D eigenvalue weighted by Gasteiger charge is 2.13. The Labute approximate surface area is 162 Å². The minimum atomic E-state index is -0.972. The first-order valence-corrected chi connectivity index (χ1v) is 8.78.